The summed E-state index contributed by atoms with van der Waals surface area (Å²) in [5, 5.41) is 0. The summed E-state index contributed by atoms with van der Waals surface area (Å²) in [4.78, 5) is 0. The SMILES string of the molecule is CCC(CC)C(C)CC1(C)CC(C)C(CC)C1C. The van der Waals surface area contributed by atoms with E-state index in [0.717, 1.165) is 29.6 Å². The molecule has 1 rings (SSSR count). The molecular weight excluding hydrogens is 216 g/mol. The van der Waals surface area contributed by atoms with E-state index in [1.165, 1.54) is 32.1 Å². The lowest BCUT2D eigenvalue weighted by Crippen LogP contribution is -2.27. The first-order valence-electron chi connectivity index (χ1n) is 8.39. The second kappa shape index (κ2) is 6.44. The van der Waals surface area contributed by atoms with Crippen molar-refractivity contribution >= 4 is 0 Å². The lowest BCUT2D eigenvalue weighted by atomic mass is 9.69. The van der Waals surface area contributed by atoms with Gasteiger partial charge in [-0.25, -0.2) is 0 Å². The van der Waals surface area contributed by atoms with Gasteiger partial charge in [0.2, 0.25) is 0 Å². The summed E-state index contributed by atoms with van der Waals surface area (Å²) in [7, 11) is 0. The topological polar surface area (TPSA) is 0 Å². The molecular formula is C18H36. The monoisotopic (exact) mass is 252 g/mol. The van der Waals surface area contributed by atoms with Crippen molar-refractivity contribution in [3.63, 3.8) is 0 Å². The van der Waals surface area contributed by atoms with E-state index in [0.29, 0.717) is 5.41 Å². The van der Waals surface area contributed by atoms with Crippen molar-refractivity contribution in [3.8, 4) is 0 Å². The van der Waals surface area contributed by atoms with Crippen LogP contribution in [0.15, 0.2) is 0 Å². The van der Waals surface area contributed by atoms with Gasteiger partial charge in [0.25, 0.3) is 0 Å². The van der Waals surface area contributed by atoms with Gasteiger partial charge in [0.1, 0.15) is 0 Å². The summed E-state index contributed by atoms with van der Waals surface area (Å²) >= 11 is 0. The van der Waals surface area contributed by atoms with Crippen LogP contribution in [0.1, 0.15) is 80.6 Å². The molecule has 18 heavy (non-hydrogen) atoms. The molecule has 1 fully saturated rings. The maximum Gasteiger partial charge on any atom is -0.0292 e. The summed E-state index contributed by atoms with van der Waals surface area (Å²) in [6.07, 6.45) is 6.99. The van der Waals surface area contributed by atoms with Crippen molar-refractivity contribution in [1.29, 1.82) is 0 Å². The third-order valence-electron chi connectivity index (χ3n) is 6.37. The van der Waals surface area contributed by atoms with E-state index in [9.17, 15) is 0 Å². The fraction of sp³-hybridized carbons (Fsp3) is 1.00. The van der Waals surface area contributed by atoms with Crippen molar-refractivity contribution < 1.29 is 0 Å². The second-order valence-electron chi connectivity index (χ2n) is 7.45. The van der Waals surface area contributed by atoms with Gasteiger partial charge in [-0.3, -0.25) is 0 Å². The molecule has 1 saturated carbocycles. The van der Waals surface area contributed by atoms with E-state index in [-0.39, 0.29) is 0 Å². The normalized spacial score (nSPS) is 38.3. The van der Waals surface area contributed by atoms with Crippen LogP contribution >= 0.6 is 0 Å². The molecule has 5 atom stereocenters. The maximum atomic E-state index is 2.57. The standard InChI is InChI=1S/C18H36/c1-8-16(9-2)13(4)11-18(7)12-14(5)17(10-3)15(18)6/h13-17H,8-12H2,1-7H3. The van der Waals surface area contributed by atoms with Crippen LogP contribution in [-0.4, -0.2) is 0 Å². The highest BCUT2D eigenvalue weighted by atomic mass is 14.5. The Bertz CT molecular complexity index is 240. The van der Waals surface area contributed by atoms with Crippen molar-refractivity contribution in [2.24, 2.45) is 35.0 Å². The predicted molar refractivity (Wildman–Crippen MR) is 82.7 cm³/mol. The summed E-state index contributed by atoms with van der Waals surface area (Å²) in [5.41, 5.74) is 0.599. The molecule has 0 aliphatic heterocycles. The summed E-state index contributed by atoms with van der Waals surface area (Å²) in [5.74, 6) is 4.64. The highest BCUT2D eigenvalue weighted by Crippen LogP contribution is 2.54. The Balaban J connectivity index is 2.71. The molecule has 108 valence electrons. The predicted octanol–water partition coefficient (Wildman–Crippen LogP) is 6.16. The average Bonchev–Trinajstić information content (AvgIpc) is 2.51. The van der Waals surface area contributed by atoms with Gasteiger partial charge in [-0.1, -0.05) is 67.7 Å². The smallest absolute Gasteiger partial charge is 0.0292 e. The minimum Gasteiger partial charge on any atom is -0.0651 e. The number of rotatable bonds is 6. The molecule has 0 saturated heterocycles. The van der Waals surface area contributed by atoms with Crippen LogP contribution in [0.4, 0.5) is 0 Å². The Morgan fingerprint density at radius 2 is 1.67 bits per heavy atom. The highest BCUT2D eigenvalue weighted by molar-refractivity contribution is 4.95. The number of hydrogen-bond acceptors (Lipinski definition) is 0. The lowest BCUT2D eigenvalue weighted by Gasteiger charge is -2.36. The van der Waals surface area contributed by atoms with Gasteiger partial charge in [0, 0.05) is 0 Å². The molecule has 0 aromatic rings. The lowest BCUT2D eigenvalue weighted by molar-refractivity contribution is 0.137. The molecule has 0 nitrogen and oxygen atoms in total. The molecule has 0 amide bonds. The summed E-state index contributed by atoms with van der Waals surface area (Å²) < 4.78 is 0. The minimum absolute atomic E-state index is 0.599. The molecule has 5 unspecified atom stereocenters. The van der Waals surface area contributed by atoms with Crippen LogP contribution in [0.5, 0.6) is 0 Å². The van der Waals surface area contributed by atoms with Crippen molar-refractivity contribution in [2.45, 2.75) is 80.6 Å². The van der Waals surface area contributed by atoms with Gasteiger partial charge in [0.05, 0.1) is 0 Å². The van der Waals surface area contributed by atoms with Crippen LogP contribution in [0.3, 0.4) is 0 Å². The average molecular weight is 252 g/mol. The van der Waals surface area contributed by atoms with E-state index in [2.05, 4.69) is 48.5 Å². The Labute approximate surface area is 116 Å². The Morgan fingerprint density at radius 1 is 1.11 bits per heavy atom. The maximum absolute atomic E-state index is 2.57. The van der Waals surface area contributed by atoms with Crippen LogP contribution < -0.4 is 0 Å². The fourth-order valence-corrected chi connectivity index (χ4v) is 5.10. The van der Waals surface area contributed by atoms with Crippen LogP contribution in [-0.2, 0) is 0 Å². The molecule has 0 heterocycles. The third-order valence-corrected chi connectivity index (χ3v) is 6.37. The van der Waals surface area contributed by atoms with Gasteiger partial charge < -0.3 is 0 Å². The van der Waals surface area contributed by atoms with E-state index in [4.69, 9.17) is 0 Å². The van der Waals surface area contributed by atoms with Crippen LogP contribution in [0, 0.1) is 35.0 Å². The molecule has 1 aliphatic rings. The molecule has 0 aromatic carbocycles. The third kappa shape index (κ3) is 3.11. The Morgan fingerprint density at radius 3 is 2.06 bits per heavy atom. The molecule has 0 bridgehead atoms. The Kier molecular flexibility index (Phi) is 5.74. The zero-order valence-corrected chi connectivity index (χ0v) is 13.9. The zero-order chi connectivity index (χ0) is 13.9. The Hall–Kier alpha value is 0. The van der Waals surface area contributed by atoms with Gasteiger partial charge in [-0.05, 0) is 47.8 Å². The van der Waals surface area contributed by atoms with Gasteiger partial charge in [-0.2, -0.15) is 0 Å². The second-order valence-corrected chi connectivity index (χ2v) is 7.45. The molecule has 0 heteroatoms. The molecule has 0 spiro atoms. The van der Waals surface area contributed by atoms with Crippen molar-refractivity contribution in [3.05, 3.63) is 0 Å². The molecule has 1 aliphatic carbocycles. The van der Waals surface area contributed by atoms with Crippen molar-refractivity contribution in [2.75, 3.05) is 0 Å². The van der Waals surface area contributed by atoms with E-state index in [1.54, 1.807) is 0 Å². The highest BCUT2D eigenvalue weighted by Gasteiger charge is 2.46. The van der Waals surface area contributed by atoms with E-state index < -0.39 is 0 Å². The fourth-order valence-electron chi connectivity index (χ4n) is 5.10. The first-order valence-corrected chi connectivity index (χ1v) is 8.39. The molecule has 0 radical (unpaired) electrons. The van der Waals surface area contributed by atoms with Crippen LogP contribution in [0.25, 0.3) is 0 Å². The quantitative estimate of drug-likeness (QED) is 0.531. The largest absolute Gasteiger partial charge is 0.0651 e. The first kappa shape index (κ1) is 16.1. The molecule has 0 N–H and O–H groups in total. The van der Waals surface area contributed by atoms with E-state index >= 15 is 0 Å². The zero-order valence-electron chi connectivity index (χ0n) is 13.9. The van der Waals surface area contributed by atoms with Crippen LogP contribution in [0.2, 0.25) is 0 Å². The van der Waals surface area contributed by atoms with Crippen molar-refractivity contribution in [1.82, 2.24) is 0 Å². The molecule has 0 aromatic heterocycles. The minimum atomic E-state index is 0.599. The summed E-state index contributed by atoms with van der Waals surface area (Å²) in [6, 6.07) is 0. The number of hydrogen-bond donors (Lipinski definition) is 0. The summed E-state index contributed by atoms with van der Waals surface area (Å²) in [6.45, 7) is 17.2. The van der Waals surface area contributed by atoms with Gasteiger partial charge in [-0.15, -0.1) is 0 Å². The van der Waals surface area contributed by atoms with E-state index in [1.807, 2.05) is 0 Å². The van der Waals surface area contributed by atoms with Gasteiger partial charge >= 0.3 is 0 Å². The first-order chi connectivity index (χ1) is 8.39. The van der Waals surface area contributed by atoms with Gasteiger partial charge in [0.15, 0.2) is 0 Å².